The van der Waals surface area contributed by atoms with Crippen molar-refractivity contribution >= 4 is 11.6 Å². The zero-order chi connectivity index (χ0) is 15.6. The third-order valence-corrected chi connectivity index (χ3v) is 3.71. The summed E-state index contributed by atoms with van der Waals surface area (Å²) in [5, 5.41) is 7.32. The number of carbonyl (C=O) groups is 1. The van der Waals surface area contributed by atoms with Gasteiger partial charge in [-0.25, -0.2) is 0 Å². The number of hydrogen-bond donors (Lipinski definition) is 1. The first-order valence-corrected chi connectivity index (χ1v) is 6.95. The van der Waals surface area contributed by atoms with Crippen LogP contribution in [0, 0.1) is 13.8 Å². The second-order valence-corrected chi connectivity index (χ2v) is 5.40. The largest absolute Gasteiger partial charge is 0.378 e. The normalized spacial score (nSPS) is 10.5. The summed E-state index contributed by atoms with van der Waals surface area (Å²) in [6, 6.07) is 7.58. The number of amides is 1. The number of aryl methyl sites for hydroxylation is 2. The van der Waals surface area contributed by atoms with E-state index in [2.05, 4.69) is 10.4 Å². The van der Waals surface area contributed by atoms with Gasteiger partial charge in [-0.05, 0) is 32.0 Å². The molecule has 0 saturated carbocycles. The number of benzene rings is 1. The molecule has 0 unspecified atom stereocenters. The van der Waals surface area contributed by atoms with E-state index in [0.29, 0.717) is 12.1 Å². The molecular formula is C16H22N4O. The number of rotatable bonds is 4. The molecule has 0 fully saturated rings. The predicted octanol–water partition coefficient (Wildman–Crippen LogP) is 2.03. The van der Waals surface area contributed by atoms with Crippen LogP contribution in [0.3, 0.4) is 0 Å². The molecule has 1 aromatic heterocycles. The average Bonchev–Trinajstić information content (AvgIpc) is 2.70. The molecule has 0 aliphatic carbocycles. The van der Waals surface area contributed by atoms with Crippen LogP contribution in [0.15, 0.2) is 24.3 Å². The van der Waals surface area contributed by atoms with E-state index in [9.17, 15) is 4.79 Å². The van der Waals surface area contributed by atoms with Crippen molar-refractivity contribution in [2.75, 3.05) is 19.0 Å². The van der Waals surface area contributed by atoms with Crippen LogP contribution >= 0.6 is 0 Å². The lowest BCUT2D eigenvalue weighted by atomic mass is 10.1. The van der Waals surface area contributed by atoms with Crippen molar-refractivity contribution in [3.8, 4) is 0 Å². The lowest BCUT2D eigenvalue weighted by Gasteiger charge is -2.13. The minimum absolute atomic E-state index is 0.0682. The fourth-order valence-electron chi connectivity index (χ4n) is 2.27. The van der Waals surface area contributed by atoms with Gasteiger partial charge in [0.15, 0.2) is 0 Å². The Kier molecular flexibility index (Phi) is 4.31. The Morgan fingerprint density at radius 2 is 2.05 bits per heavy atom. The van der Waals surface area contributed by atoms with Gasteiger partial charge in [0.25, 0.3) is 5.91 Å². The van der Waals surface area contributed by atoms with Gasteiger partial charge in [0.05, 0.1) is 5.69 Å². The summed E-state index contributed by atoms with van der Waals surface area (Å²) in [6.07, 6.45) is 0. The zero-order valence-corrected chi connectivity index (χ0v) is 13.3. The van der Waals surface area contributed by atoms with Crippen molar-refractivity contribution in [2.45, 2.75) is 20.4 Å². The molecule has 5 heteroatoms. The van der Waals surface area contributed by atoms with Gasteiger partial charge >= 0.3 is 0 Å². The molecule has 1 aromatic carbocycles. The number of aromatic nitrogens is 2. The highest BCUT2D eigenvalue weighted by molar-refractivity contribution is 5.95. The molecule has 0 radical (unpaired) electrons. The Morgan fingerprint density at radius 1 is 1.33 bits per heavy atom. The molecule has 0 atom stereocenters. The highest BCUT2D eigenvalue weighted by atomic mass is 16.1. The average molecular weight is 286 g/mol. The van der Waals surface area contributed by atoms with E-state index in [0.717, 1.165) is 22.6 Å². The summed E-state index contributed by atoms with van der Waals surface area (Å²) in [7, 11) is 5.83. The molecule has 0 bridgehead atoms. The standard InChI is InChI=1S/C16H22N4O/c1-11-15(12(2)20(5)18-11)10-17-16(21)13-7-6-8-14(9-13)19(3)4/h6-9H,10H2,1-5H3,(H,17,21). The summed E-state index contributed by atoms with van der Waals surface area (Å²) < 4.78 is 1.84. The third kappa shape index (κ3) is 3.24. The summed E-state index contributed by atoms with van der Waals surface area (Å²) in [6.45, 7) is 4.46. The number of carbonyl (C=O) groups excluding carboxylic acids is 1. The van der Waals surface area contributed by atoms with Crippen molar-refractivity contribution in [1.29, 1.82) is 0 Å². The second kappa shape index (κ2) is 5.99. The van der Waals surface area contributed by atoms with Crippen LogP contribution < -0.4 is 10.2 Å². The molecule has 2 rings (SSSR count). The molecule has 2 aromatic rings. The topological polar surface area (TPSA) is 50.2 Å². The highest BCUT2D eigenvalue weighted by Gasteiger charge is 2.12. The van der Waals surface area contributed by atoms with E-state index >= 15 is 0 Å². The first-order valence-electron chi connectivity index (χ1n) is 6.95. The van der Waals surface area contributed by atoms with Crippen LogP contribution in [-0.4, -0.2) is 29.8 Å². The van der Waals surface area contributed by atoms with Crippen molar-refractivity contribution in [1.82, 2.24) is 15.1 Å². The Morgan fingerprint density at radius 3 is 2.62 bits per heavy atom. The van der Waals surface area contributed by atoms with Gasteiger partial charge in [0.1, 0.15) is 0 Å². The van der Waals surface area contributed by atoms with Gasteiger partial charge in [0.2, 0.25) is 0 Å². The Balaban J connectivity index is 2.10. The van der Waals surface area contributed by atoms with E-state index in [-0.39, 0.29) is 5.91 Å². The number of anilines is 1. The number of nitrogens with one attached hydrogen (secondary N) is 1. The summed E-state index contributed by atoms with van der Waals surface area (Å²) in [5.41, 5.74) is 4.79. The van der Waals surface area contributed by atoms with Gasteiger partial charge in [-0.3, -0.25) is 9.48 Å². The Bertz CT molecular complexity index is 658. The molecule has 112 valence electrons. The Hall–Kier alpha value is -2.30. The van der Waals surface area contributed by atoms with Crippen molar-refractivity contribution < 1.29 is 4.79 Å². The summed E-state index contributed by atoms with van der Waals surface area (Å²) in [4.78, 5) is 14.2. The maximum absolute atomic E-state index is 12.3. The van der Waals surface area contributed by atoms with Gasteiger partial charge in [-0.2, -0.15) is 5.10 Å². The fraction of sp³-hybridized carbons (Fsp3) is 0.375. The SMILES string of the molecule is Cc1nn(C)c(C)c1CNC(=O)c1cccc(N(C)C)c1. The predicted molar refractivity (Wildman–Crippen MR) is 84.6 cm³/mol. The monoisotopic (exact) mass is 286 g/mol. The van der Waals surface area contributed by atoms with Gasteiger partial charge in [-0.15, -0.1) is 0 Å². The molecule has 0 spiro atoms. The van der Waals surface area contributed by atoms with Crippen LogP contribution in [-0.2, 0) is 13.6 Å². The molecule has 0 aliphatic rings. The van der Waals surface area contributed by atoms with Crippen molar-refractivity contribution in [3.63, 3.8) is 0 Å². The molecule has 1 amide bonds. The summed E-state index contributed by atoms with van der Waals surface area (Å²) in [5.74, 6) is -0.0682. The molecular weight excluding hydrogens is 264 g/mol. The van der Waals surface area contributed by atoms with E-state index in [1.165, 1.54) is 0 Å². The minimum Gasteiger partial charge on any atom is -0.378 e. The summed E-state index contributed by atoms with van der Waals surface area (Å²) >= 11 is 0. The molecule has 5 nitrogen and oxygen atoms in total. The van der Waals surface area contributed by atoms with Crippen LogP contribution in [0.2, 0.25) is 0 Å². The van der Waals surface area contributed by atoms with E-state index in [4.69, 9.17) is 0 Å². The fourth-order valence-corrected chi connectivity index (χ4v) is 2.27. The van der Waals surface area contributed by atoms with Gasteiger partial charge < -0.3 is 10.2 Å². The minimum atomic E-state index is -0.0682. The molecule has 1 N–H and O–H groups in total. The molecule has 1 heterocycles. The lowest BCUT2D eigenvalue weighted by molar-refractivity contribution is 0.0951. The van der Waals surface area contributed by atoms with Crippen molar-refractivity contribution in [3.05, 3.63) is 46.8 Å². The zero-order valence-electron chi connectivity index (χ0n) is 13.3. The highest BCUT2D eigenvalue weighted by Crippen LogP contribution is 2.14. The third-order valence-electron chi connectivity index (χ3n) is 3.71. The van der Waals surface area contributed by atoms with Crippen LogP contribution in [0.25, 0.3) is 0 Å². The molecule has 0 saturated heterocycles. The quantitative estimate of drug-likeness (QED) is 0.935. The van der Waals surface area contributed by atoms with Gasteiger partial charge in [-0.1, -0.05) is 6.07 Å². The van der Waals surface area contributed by atoms with E-state index in [1.54, 1.807) is 0 Å². The van der Waals surface area contributed by atoms with Crippen molar-refractivity contribution in [2.24, 2.45) is 7.05 Å². The van der Waals surface area contributed by atoms with Gasteiger partial charge in [0, 0.05) is 50.2 Å². The maximum atomic E-state index is 12.3. The smallest absolute Gasteiger partial charge is 0.251 e. The van der Waals surface area contributed by atoms with Crippen LogP contribution in [0.4, 0.5) is 5.69 Å². The lowest BCUT2D eigenvalue weighted by Crippen LogP contribution is -2.23. The first-order chi connectivity index (χ1) is 9.90. The first kappa shape index (κ1) is 15.1. The van der Waals surface area contributed by atoms with E-state index in [1.807, 2.05) is 68.8 Å². The van der Waals surface area contributed by atoms with Crippen LogP contribution in [0.1, 0.15) is 27.3 Å². The number of nitrogens with zero attached hydrogens (tertiary/aromatic N) is 3. The van der Waals surface area contributed by atoms with E-state index < -0.39 is 0 Å². The maximum Gasteiger partial charge on any atom is 0.251 e. The van der Waals surface area contributed by atoms with Crippen LogP contribution in [0.5, 0.6) is 0 Å². The second-order valence-electron chi connectivity index (χ2n) is 5.40. The molecule has 21 heavy (non-hydrogen) atoms. The molecule has 0 aliphatic heterocycles. The number of hydrogen-bond acceptors (Lipinski definition) is 3. The Labute approximate surface area is 125 Å².